The maximum atomic E-state index is 12.4. The lowest BCUT2D eigenvalue weighted by molar-refractivity contribution is -0.144. The topological polar surface area (TPSA) is 38.3 Å². The van der Waals surface area contributed by atoms with Crippen molar-refractivity contribution in [3.05, 3.63) is 35.4 Å². The minimum Gasteiger partial charge on any atom is -0.468 e. The first-order valence-corrected chi connectivity index (χ1v) is 6.67. The van der Waals surface area contributed by atoms with Gasteiger partial charge in [0.05, 0.1) is 7.11 Å². The number of carbonyl (C=O) groups is 1. The van der Waals surface area contributed by atoms with Crippen LogP contribution in [-0.2, 0) is 16.1 Å². The summed E-state index contributed by atoms with van der Waals surface area (Å²) in [6.45, 7) is 4.40. The summed E-state index contributed by atoms with van der Waals surface area (Å²) in [6.07, 6.45) is -1.61. The molecule has 20 heavy (non-hydrogen) atoms. The molecule has 0 radical (unpaired) electrons. The molecule has 0 bridgehead atoms. The minimum atomic E-state index is -2.46. The van der Waals surface area contributed by atoms with Crippen molar-refractivity contribution in [2.45, 2.75) is 39.3 Å². The molecule has 5 heteroatoms. The van der Waals surface area contributed by atoms with Gasteiger partial charge in [0, 0.05) is 12.1 Å². The van der Waals surface area contributed by atoms with Gasteiger partial charge < -0.3 is 10.1 Å². The number of nitrogens with one attached hydrogen (secondary N) is 1. The number of hydrogen-bond donors (Lipinski definition) is 1. The number of ether oxygens (including phenoxy) is 1. The predicted molar refractivity (Wildman–Crippen MR) is 73.5 cm³/mol. The zero-order valence-corrected chi connectivity index (χ0v) is 12.0. The third-order valence-corrected chi connectivity index (χ3v) is 3.43. The number of esters is 1. The Kier molecular flexibility index (Phi) is 6.58. The van der Waals surface area contributed by atoms with Crippen molar-refractivity contribution in [1.82, 2.24) is 5.32 Å². The van der Waals surface area contributed by atoms with Crippen molar-refractivity contribution in [2.24, 2.45) is 5.92 Å². The summed E-state index contributed by atoms with van der Waals surface area (Å²) in [4.78, 5) is 11.7. The number of benzene rings is 1. The second-order valence-electron chi connectivity index (χ2n) is 4.81. The fourth-order valence-electron chi connectivity index (χ4n) is 1.89. The van der Waals surface area contributed by atoms with Crippen LogP contribution in [0.2, 0.25) is 0 Å². The lowest BCUT2D eigenvalue weighted by Gasteiger charge is -2.22. The van der Waals surface area contributed by atoms with Crippen LogP contribution in [0, 0.1) is 5.92 Å². The van der Waals surface area contributed by atoms with E-state index in [0.29, 0.717) is 6.54 Å². The van der Waals surface area contributed by atoms with Gasteiger partial charge in [0.15, 0.2) is 0 Å². The van der Waals surface area contributed by atoms with E-state index in [2.05, 4.69) is 5.32 Å². The van der Waals surface area contributed by atoms with Gasteiger partial charge in [0.2, 0.25) is 0 Å². The maximum Gasteiger partial charge on any atom is 0.323 e. The van der Waals surface area contributed by atoms with Crippen LogP contribution in [0.1, 0.15) is 37.8 Å². The van der Waals surface area contributed by atoms with Gasteiger partial charge in [-0.1, -0.05) is 44.5 Å². The van der Waals surface area contributed by atoms with E-state index in [-0.39, 0.29) is 23.5 Å². The molecule has 3 nitrogen and oxygen atoms in total. The molecule has 1 rings (SSSR count). The first-order chi connectivity index (χ1) is 9.49. The molecule has 0 saturated heterocycles. The van der Waals surface area contributed by atoms with E-state index >= 15 is 0 Å². The van der Waals surface area contributed by atoms with Crippen LogP contribution in [0.25, 0.3) is 0 Å². The Morgan fingerprint density at radius 3 is 2.35 bits per heavy atom. The molecule has 0 heterocycles. The highest BCUT2D eigenvalue weighted by atomic mass is 19.3. The highest BCUT2D eigenvalue weighted by molar-refractivity contribution is 5.75. The van der Waals surface area contributed by atoms with E-state index in [1.165, 1.54) is 19.2 Å². The molecule has 0 aliphatic carbocycles. The van der Waals surface area contributed by atoms with E-state index < -0.39 is 6.43 Å². The number of halogens is 2. The fourth-order valence-corrected chi connectivity index (χ4v) is 1.89. The molecule has 0 aromatic heterocycles. The lowest BCUT2D eigenvalue weighted by atomic mass is 9.99. The van der Waals surface area contributed by atoms with Crippen LogP contribution in [0.15, 0.2) is 24.3 Å². The summed E-state index contributed by atoms with van der Waals surface area (Å²) in [5.41, 5.74) is 0.854. The molecule has 0 amide bonds. The van der Waals surface area contributed by atoms with Gasteiger partial charge in [0.1, 0.15) is 6.04 Å². The third kappa shape index (κ3) is 4.56. The van der Waals surface area contributed by atoms with Crippen molar-refractivity contribution >= 4 is 5.97 Å². The molecule has 1 aromatic carbocycles. The third-order valence-electron chi connectivity index (χ3n) is 3.43. The average molecular weight is 285 g/mol. The Morgan fingerprint density at radius 1 is 1.30 bits per heavy atom. The molecule has 112 valence electrons. The number of rotatable bonds is 7. The molecule has 0 fully saturated rings. The van der Waals surface area contributed by atoms with Gasteiger partial charge in [-0.25, -0.2) is 8.78 Å². The molecule has 1 aromatic rings. The zero-order chi connectivity index (χ0) is 15.1. The van der Waals surface area contributed by atoms with E-state index in [1.54, 1.807) is 12.1 Å². The molecule has 0 aliphatic rings. The largest absolute Gasteiger partial charge is 0.468 e. The van der Waals surface area contributed by atoms with Crippen LogP contribution in [0.5, 0.6) is 0 Å². The Morgan fingerprint density at radius 2 is 1.90 bits per heavy atom. The summed E-state index contributed by atoms with van der Waals surface area (Å²) >= 11 is 0. The molecule has 1 N–H and O–H groups in total. The SMILES string of the molecule is CCC(C)C(NCc1ccc(C(F)F)cc1)C(=O)OC. The summed E-state index contributed by atoms with van der Waals surface area (Å²) in [7, 11) is 1.36. The summed E-state index contributed by atoms with van der Waals surface area (Å²) < 4.78 is 29.7. The van der Waals surface area contributed by atoms with Crippen molar-refractivity contribution in [1.29, 1.82) is 0 Å². The molecule has 2 atom stereocenters. The average Bonchev–Trinajstić information content (AvgIpc) is 2.47. The number of carbonyl (C=O) groups excluding carboxylic acids is 1. The van der Waals surface area contributed by atoms with Crippen LogP contribution in [0.4, 0.5) is 8.78 Å². The van der Waals surface area contributed by atoms with Crippen molar-refractivity contribution in [2.75, 3.05) is 7.11 Å². The Labute approximate surface area is 118 Å². The van der Waals surface area contributed by atoms with Gasteiger partial charge in [0.25, 0.3) is 6.43 Å². The predicted octanol–water partition coefficient (Wildman–Crippen LogP) is 3.30. The van der Waals surface area contributed by atoms with Crippen molar-refractivity contribution in [3.8, 4) is 0 Å². The van der Waals surface area contributed by atoms with Crippen LogP contribution < -0.4 is 5.32 Å². The monoisotopic (exact) mass is 285 g/mol. The van der Waals surface area contributed by atoms with Gasteiger partial charge in [-0.05, 0) is 11.5 Å². The summed E-state index contributed by atoms with van der Waals surface area (Å²) in [6, 6.07) is 5.69. The minimum absolute atomic E-state index is 0.000180. The standard InChI is InChI=1S/C15H21F2NO2/c1-4-10(2)13(15(19)20-3)18-9-11-5-7-12(8-6-11)14(16)17/h5-8,10,13-14,18H,4,9H2,1-3H3. The fraction of sp³-hybridized carbons (Fsp3) is 0.533. The smallest absolute Gasteiger partial charge is 0.323 e. The molecular formula is C15H21F2NO2. The van der Waals surface area contributed by atoms with E-state index in [9.17, 15) is 13.6 Å². The summed E-state index contributed by atoms with van der Waals surface area (Å²) in [5, 5.41) is 3.12. The van der Waals surface area contributed by atoms with Crippen molar-refractivity contribution in [3.63, 3.8) is 0 Å². The quantitative estimate of drug-likeness (QED) is 0.781. The van der Waals surface area contributed by atoms with Gasteiger partial charge in [-0.3, -0.25) is 4.79 Å². The first-order valence-electron chi connectivity index (χ1n) is 6.67. The van der Waals surface area contributed by atoms with E-state index in [1.807, 2.05) is 13.8 Å². The van der Waals surface area contributed by atoms with Crippen LogP contribution in [-0.4, -0.2) is 19.1 Å². The summed E-state index contributed by atoms with van der Waals surface area (Å²) in [5.74, 6) is -0.161. The van der Waals surface area contributed by atoms with Crippen LogP contribution >= 0.6 is 0 Å². The second-order valence-corrected chi connectivity index (χ2v) is 4.81. The molecule has 0 aliphatic heterocycles. The maximum absolute atomic E-state index is 12.4. The van der Waals surface area contributed by atoms with Crippen LogP contribution in [0.3, 0.4) is 0 Å². The molecule has 2 unspecified atom stereocenters. The highest BCUT2D eigenvalue weighted by Crippen LogP contribution is 2.19. The molecular weight excluding hydrogens is 264 g/mol. The Balaban J connectivity index is 2.65. The molecule has 0 spiro atoms. The second kappa shape index (κ2) is 7.94. The highest BCUT2D eigenvalue weighted by Gasteiger charge is 2.24. The van der Waals surface area contributed by atoms with Gasteiger partial charge in [-0.15, -0.1) is 0 Å². The van der Waals surface area contributed by atoms with Gasteiger partial charge in [-0.2, -0.15) is 0 Å². The normalized spacial score (nSPS) is 14.1. The lowest BCUT2D eigenvalue weighted by Crippen LogP contribution is -2.42. The zero-order valence-electron chi connectivity index (χ0n) is 12.0. The van der Waals surface area contributed by atoms with E-state index in [4.69, 9.17) is 4.74 Å². The Bertz CT molecular complexity index is 420. The Hall–Kier alpha value is -1.49. The van der Waals surface area contributed by atoms with E-state index in [0.717, 1.165) is 12.0 Å². The number of methoxy groups -OCH3 is 1. The van der Waals surface area contributed by atoms with Crippen molar-refractivity contribution < 1.29 is 18.3 Å². The molecule has 0 saturated carbocycles. The van der Waals surface area contributed by atoms with Gasteiger partial charge >= 0.3 is 5.97 Å². The first kappa shape index (κ1) is 16.6. The number of alkyl halides is 2. The number of hydrogen-bond acceptors (Lipinski definition) is 3.